The smallest absolute Gasteiger partial charge is 0.493 e. The van der Waals surface area contributed by atoms with Gasteiger partial charge in [-0.25, -0.2) is 0 Å². The molecule has 0 aliphatic heterocycles. The normalized spacial score (nSPS) is 9.80. The fourth-order valence-corrected chi connectivity index (χ4v) is 2.57. The Morgan fingerprint density at radius 2 is 2.20 bits per heavy atom. The van der Waals surface area contributed by atoms with Crippen molar-refractivity contribution in [3.63, 3.8) is 0 Å². The molecule has 1 radical (unpaired) electrons. The van der Waals surface area contributed by atoms with Crippen molar-refractivity contribution in [2.24, 2.45) is 0 Å². The van der Waals surface area contributed by atoms with Crippen LogP contribution in [0.2, 0.25) is 5.02 Å². The van der Waals surface area contributed by atoms with Crippen LogP contribution in [0.5, 0.6) is 5.75 Å². The van der Waals surface area contributed by atoms with Gasteiger partial charge in [-0.2, -0.15) is 0 Å². The second-order valence-electron chi connectivity index (χ2n) is 2.77. The second kappa shape index (κ2) is 5.34. The molecule has 5 heteroatoms. The fraction of sp³-hybridized carbons (Fsp3) is 0.100. The van der Waals surface area contributed by atoms with Gasteiger partial charge in [-0.15, -0.1) is 0 Å². The van der Waals surface area contributed by atoms with Crippen LogP contribution < -0.4 is 4.74 Å². The summed E-state index contributed by atoms with van der Waals surface area (Å²) in [5.74, 6) is 0.783. The summed E-state index contributed by atoms with van der Waals surface area (Å²) in [6.45, 7) is 0. The number of fused-ring (bicyclic) bond motifs is 1. The van der Waals surface area contributed by atoms with E-state index in [1.165, 1.54) is 0 Å². The van der Waals surface area contributed by atoms with Crippen molar-refractivity contribution in [2.75, 3.05) is 7.11 Å². The first-order valence-corrected chi connectivity index (χ1v) is 5.46. The molecule has 0 fully saturated rings. The van der Waals surface area contributed by atoms with Gasteiger partial charge >= 0.3 is 17.1 Å². The van der Waals surface area contributed by atoms with Crippen molar-refractivity contribution in [1.82, 2.24) is 4.98 Å². The Hall–Kier alpha value is -0.0305. The Balaban J connectivity index is 0.00000112. The zero-order valence-corrected chi connectivity index (χ0v) is 11.6. The zero-order chi connectivity index (χ0) is 10.1. The molecular formula is C10H7ClCuINO+2. The largest absolute Gasteiger partial charge is 2.00 e. The predicted octanol–water partition coefficient (Wildman–Crippen LogP) is 3.50. The van der Waals surface area contributed by atoms with E-state index in [1.807, 2.05) is 18.2 Å². The summed E-state index contributed by atoms with van der Waals surface area (Å²) in [4.78, 5) is 4.26. The van der Waals surface area contributed by atoms with Gasteiger partial charge in [0.05, 0.1) is 15.7 Å². The van der Waals surface area contributed by atoms with Crippen molar-refractivity contribution >= 4 is 45.1 Å². The van der Waals surface area contributed by atoms with Gasteiger partial charge in [-0.05, 0) is 40.8 Å². The van der Waals surface area contributed by atoms with Gasteiger partial charge in [0.25, 0.3) is 0 Å². The molecule has 81 valence electrons. The van der Waals surface area contributed by atoms with Crippen LogP contribution in [0.4, 0.5) is 0 Å². The Kier molecular flexibility index (Phi) is 4.64. The maximum atomic E-state index is 6.09. The summed E-state index contributed by atoms with van der Waals surface area (Å²) in [7, 11) is 1.64. The third-order valence-corrected chi connectivity index (χ3v) is 3.07. The third-order valence-electron chi connectivity index (χ3n) is 1.95. The zero-order valence-electron chi connectivity index (χ0n) is 7.72. The summed E-state index contributed by atoms with van der Waals surface area (Å²) in [6.07, 6.45) is 1.73. The van der Waals surface area contributed by atoms with Crippen LogP contribution in [-0.2, 0) is 17.1 Å². The molecular weight excluding hydrogens is 375 g/mol. The minimum atomic E-state index is 0. The third kappa shape index (κ3) is 2.38. The number of rotatable bonds is 1. The number of aromatic nitrogens is 1. The number of halogens is 2. The summed E-state index contributed by atoms with van der Waals surface area (Å²) in [6, 6.07) is 5.68. The molecule has 2 aromatic rings. The topological polar surface area (TPSA) is 22.1 Å². The first-order chi connectivity index (χ1) is 6.74. The van der Waals surface area contributed by atoms with Gasteiger partial charge in [0.15, 0.2) is 5.75 Å². The van der Waals surface area contributed by atoms with E-state index in [9.17, 15) is 0 Å². The van der Waals surface area contributed by atoms with Gasteiger partial charge in [0.2, 0.25) is 0 Å². The van der Waals surface area contributed by atoms with Gasteiger partial charge < -0.3 is 4.74 Å². The molecule has 1 heterocycles. The Bertz CT molecular complexity index is 492. The first-order valence-electron chi connectivity index (χ1n) is 4.00. The predicted molar refractivity (Wildman–Crippen MR) is 66.0 cm³/mol. The Morgan fingerprint density at radius 3 is 2.87 bits per heavy atom. The first kappa shape index (κ1) is 13.0. The van der Waals surface area contributed by atoms with Crippen LogP contribution >= 0.6 is 34.2 Å². The van der Waals surface area contributed by atoms with E-state index in [0.29, 0.717) is 5.02 Å². The number of hydrogen-bond donors (Lipinski definition) is 0. The van der Waals surface area contributed by atoms with E-state index < -0.39 is 0 Å². The van der Waals surface area contributed by atoms with Crippen LogP contribution in [0.3, 0.4) is 0 Å². The van der Waals surface area contributed by atoms with Gasteiger partial charge in [-0.3, -0.25) is 4.98 Å². The molecule has 1 aromatic heterocycles. The monoisotopic (exact) mass is 381 g/mol. The minimum Gasteiger partial charge on any atom is -0.493 e. The molecule has 0 saturated heterocycles. The molecule has 0 saturated carbocycles. The summed E-state index contributed by atoms with van der Waals surface area (Å²) >= 11 is 8.28. The standard InChI is InChI=1S/C10H7ClINO.Cu/c1-14-10-8(12)5-7(11)6-3-2-4-13-9(6)10;/h2-5H,1H3;/q;+2/i1-1;. The quantitative estimate of drug-likeness (QED) is 0.557. The van der Waals surface area contributed by atoms with E-state index in [2.05, 4.69) is 27.6 Å². The molecule has 2 nitrogen and oxygen atoms in total. The van der Waals surface area contributed by atoms with Crippen molar-refractivity contribution < 1.29 is 21.8 Å². The molecule has 0 aliphatic rings. The molecule has 0 N–H and O–H groups in total. The average molecular weight is 382 g/mol. The SMILES string of the molecule is [11CH3]Oc1c(I)cc(Cl)c2cccnc12.[Cu+2]. The number of ether oxygens (including phenoxy) is 1. The average Bonchev–Trinajstić information content (AvgIpc) is 2.18. The van der Waals surface area contributed by atoms with Crippen LogP contribution in [0.15, 0.2) is 24.4 Å². The van der Waals surface area contributed by atoms with Gasteiger partial charge in [-0.1, -0.05) is 11.6 Å². The summed E-state index contributed by atoms with van der Waals surface area (Å²) in [5.41, 5.74) is 0.812. The van der Waals surface area contributed by atoms with Crippen LogP contribution in [-0.4, -0.2) is 12.1 Å². The van der Waals surface area contributed by atoms with Crippen molar-refractivity contribution in [2.45, 2.75) is 0 Å². The minimum absolute atomic E-state index is 0. The molecule has 0 spiro atoms. The molecule has 2 rings (SSSR count). The van der Waals surface area contributed by atoms with E-state index >= 15 is 0 Å². The van der Waals surface area contributed by atoms with E-state index in [0.717, 1.165) is 20.2 Å². The number of methoxy groups -OCH3 is 1. The number of hydrogen-bond acceptors (Lipinski definition) is 2. The van der Waals surface area contributed by atoms with Crippen LogP contribution in [0.1, 0.15) is 0 Å². The van der Waals surface area contributed by atoms with E-state index in [4.69, 9.17) is 16.3 Å². The van der Waals surface area contributed by atoms with Crippen LogP contribution in [0, 0.1) is 3.57 Å². The molecule has 0 amide bonds. The molecule has 0 unspecified atom stereocenters. The molecule has 0 atom stereocenters. The maximum Gasteiger partial charge on any atom is 2.00 e. The Labute approximate surface area is 117 Å². The van der Waals surface area contributed by atoms with Crippen molar-refractivity contribution in [1.29, 1.82) is 0 Å². The fourth-order valence-electron chi connectivity index (χ4n) is 1.34. The number of pyridine rings is 1. The number of nitrogens with zero attached hydrogens (tertiary/aromatic N) is 1. The molecule has 0 aliphatic carbocycles. The summed E-state index contributed by atoms with van der Waals surface area (Å²) in [5, 5.41) is 1.63. The van der Waals surface area contributed by atoms with E-state index in [1.54, 1.807) is 13.3 Å². The van der Waals surface area contributed by atoms with Gasteiger partial charge in [0, 0.05) is 11.6 Å². The molecule has 0 bridgehead atoms. The molecule has 15 heavy (non-hydrogen) atoms. The van der Waals surface area contributed by atoms with Gasteiger partial charge in [0.1, 0.15) is 5.52 Å². The molecule has 1 aromatic carbocycles. The summed E-state index contributed by atoms with van der Waals surface area (Å²) < 4.78 is 6.26. The maximum absolute atomic E-state index is 6.09. The van der Waals surface area contributed by atoms with E-state index in [-0.39, 0.29) is 17.1 Å². The number of benzene rings is 1. The van der Waals surface area contributed by atoms with Crippen molar-refractivity contribution in [3.05, 3.63) is 33.0 Å². The van der Waals surface area contributed by atoms with Crippen LogP contribution in [0.25, 0.3) is 10.9 Å². The van der Waals surface area contributed by atoms with Crippen molar-refractivity contribution in [3.8, 4) is 5.75 Å². The second-order valence-corrected chi connectivity index (χ2v) is 4.34. The Morgan fingerprint density at radius 1 is 1.47 bits per heavy atom.